The zero-order valence-electron chi connectivity index (χ0n) is 12.4. The molecule has 0 atom stereocenters. The summed E-state index contributed by atoms with van der Waals surface area (Å²) in [5.41, 5.74) is 1.32. The number of carbonyl (C=O) groups is 2. The Morgan fingerprint density at radius 2 is 1.88 bits per heavy atom. The molecule has 0 saturated heterocycles. The number of rotatable bonds is 6. The Morgan fingerprint density at radius 1 is 1.08 bits per heavy atom. The smallest absolute Gasteiger partial charge is 0.355 e. The van der Waals surface area contributed by atoms with Gasteiger partial charge in [-0.3, -0.25) is 4.79 Å². The van der Waals surface area contributed by atoms with E-state index in [-0.39, 0.29) is 11.6 Å². The summed E-state index contributed by atoms with van der Waals surface area (Å²) >= 11 is 2.72. The molecule has 1 aromatic carbocycles. The van der Waals surface area contributed by atoms with Crippen LogP contribution >= 0.6 is 22.7 Å². The van der Waals surface area contributed by atoms with Crippen LogP contribution in [0.3, 0.4) is 0 Å². The van der Waals surface area contributed by atoms with Gasteiger partial charge in [-0.25, -0.2) is 14.8 Å². The van der Waals surface area contributed by atoms with E-state index in [4.69, 9.17) is 5.11 Å². The number of thiazole rings is 2. The highest BCUT2D eigenvalue weighted by atomic mass is 32.1. The van der Waals surface area contributed by atoms with Crippen molar-refractivity contribution in [1.82, 2.24) is 15.3 Å². The summed E-state index contributed by atoms with van der Waals surface area (Å²) in [6.45, 7) is 0.485. The molecule has 2 aromatic heterocycles. The lowest BCUT2D eigenvalue weighted by Crippen LogP contribution is -2.25. The number of benzene rings is 1. The van der Waals surface area contributed by atoms with Crippen molar-refractivity contribution in [3.05, 3.63) is 57.4 Å². The molecular weight excluding hydrogens is 346 g/mol. The van der Waals surface area contributed by atoms with Crippen molar-refractivity contribution in [3.8, 4) is 10.7 Å². The Balaban J connectivity index is 1.56. The van der Waals surface area contributed by atoms with E-state index in [0.29, 0.717) is 29.2 Å². The molecule has 1 amide bonds. The Hall–Kier alpha value is -2.58. The monoisotopic (exact) mass is 359 g/mol. The Kier molecular flexibility index (Phi) is 4.97. The van der Waals surface area contributed by atoms with Crippen molar-refractivity contribution in [2.75, 3.05) is 6.54 Å². The van der Waals surface area contributed by atoms with Crippen molar-refractivity contribution in [1.29, 1.82) is 0 Å². The number of carboxylic acids is 1. The number of hydrogen-bond donors (Lipinski definition) is 2. The topological polar surface area (TPSA) is 92.2 Å². The lowest BCUT2D eigenvalue weighted by atomic mass is 10.2. The van der Waals surface area contributed by atoms with E-state index in [0.717, 1.165) is 5.01 Å². The van der Waals surface area contributed by atoms with E-state index < -0.39 is 5.97 Å². The van der Waals surface area contributed by atoms with E-state index in [1.54, 1.807) is 12.1 Å². The van der Waals surface area contributed by atoms with Crippen LogP contribution in [0.25, 0.3) is 10.7 Å². The van der Waals surface area contributed by atoms with Gasteiger partial charge in [0, 0.05) is 29.3 Å². The first-order valence-corrected chi connectivity index (χ1v) is 8.86. The molecule has 3 aromatic rings. The van der Waals surface area contributed by atoms with Crippen LogP contribution in [0.15, 0.2) is 41.1 Å². The maximum atomic E-state index is 11.9. The fraction of sp³-hybridized carbons (Fsp3) is 0.125. The van der Waals surface area contributed by atoms with E-state index >= 15 is 0 Å². The molecule has 0 aliphatic rings. The average Bonchev–Trinajstić information content (AvgIpc) is 3.24. The number of amides is 1. The second-order valence-corrected chi connectivity index (χ2v) is 6.64. The van der Waals surface area contributed by atoms with Crippen LogP contribution in [0.4, 0.5) is 0 Å². The maximum absolute atomic E-state index is 11.9. The van der Waals surface area contributed by atoms with Gasteiger partial charge in [-0.05, 0) is 12.1 Å². The zero-order valence-corrected chi connectivity index (χ0v) is 14.1. The quantitative estimate of drug-likeness (QED) is 0.706. The van der Waals surface area contributed by atoms with Gasteiger partial charge in [0.15, 0.2) is 5.69 Å². The van der Waals surface area contributed by atoms with Crippen molar-refractivity contribution in [2.45, 2.75) is 6.42 Å². The molecule has 0 spiro atoms. The summed E-state index contributed by atoms with van der Waals surface area (Å²) in [5, 5.41) is 16.5. The van der Waals surface area contributed by atoms with Gasteiger partial charge in [-0.15, -0.1) is 22.7 Å². The van der Waals surface area contributed by atoms with Crippen molar-refractivity contribution >= 4 is 34.6 Å². The van der Waals surface area contributed by atoms with Gasteiger partial charge in [0.2, 0.25) is 0 Å². The standard InChI is InChI=1S/C16H13N3O3S2/c20-14(10-4-2-1-3-5-10)17-7-6-13-18-11(8-23-13)15-19-12(9-24-15)16(21)22/h1-5,8-9H,6-7H2,(H,17,20)(H,21,22). The van der Waals surface area contributed by atoms with Gasteiger partial charge in [0.25, 0.3) is 5.91 Å². The fourth-order valence-corrected chi connectivity index (χ4v) is 3.60. The number of aromatic carboxylic acids is 1. The predicted octanol–water partition coefficient (Wildman–Crippen LogP) is 2.94. The molecule has 0 saturated carbocycles. The SMILES string of the molecule is O=C(NCCc1nc(-c2nc(C(=O)O)cs2)cs1)c1ccccc1. The van der Waals surface area contributed by atoms with E-state index in [1.165, 1.54) is 28.1 Å². The third-order valence-electron chi connectivity index (χ3n) is 3.15. The number of aromatic nitrogens is 2. The van der Waals surface area contributed by atoms with Gasteiger partial charge < -0.3 is 10.4 Å². The number of carboxylic acid groups (broad SMARTS) is 1. The lowest BCUT2D eigenvalue weighted by molar-refractivity contribution is 0.0691. The van der Waals surface area contributed by atoms with Crippen LogP contribution in [0.5, 0.6) is 0 Å². The van der Waals surface area contributed by atoms with Gasteiger partial charge in [-0.2, -0.15) is 0 Å². The molecule has 122 valence electrons. The lowest BCUT2D eigenvalue weighted by Gasteiger charge is -2.03. The Labute approximate surface area is 145 Å². The van der Waals surface area contributed by atoms with Crippen molar-refractivity contribution in [3.63, 3.8) is 0 Å². The fourth-order valence-electron chi connectivity index (χ4n) is 1.99. The summed E-state index contributed by atoms with van der Waals surface area (Å²) in [4.78, 5) is 31.3. The molecule has 0 radical (unpaired) electrons. The minimum Gasteiger partial charge on any atom is -0.476 e. The Bertz CT molecular complexity index is 858. The highest BCUT2D eigenvalue weighted by Gasteiger charge is 2.13. The average molecular weight is 359 g/mol. The van der Waals surface area contributed by atoms with E-state index in [9.17, 15) is 9.59 Å². The molecular formula is C16H13N3O3S2. The van der Waals surface area contributed by atoms with Crippen LogP contribution in [0.1, 0.15) is 25.9 Å². The van der Waals surface area contributed by atoms with Crippen molar-refractivity contribution in [2.24, 2.45) is 0 Å². The number of nitrogens with zero attached hydrogens (tertiary/aromatic N) is 2. The molecule has 0 bridgehead atoms. The number of nitrogens with one attached hydrogen (secondary N) is 1. The summed E-state index contributed by atoms with van der Waals surface area (Å²) in [6, 6.07) is 9.03. The summed E-state index contributed by atoms with van der Waals surface area (Å²) in [6.07, 6.45) is 0.612. The second kappa shape index (κ2) is 7.33. The highest BCUT2D eigenvalue weighted by molar-refractivity contribution is 7.14. The molecule has 8 heteroatoms. The normalized spacial score (nSPS) is 10.5. The summed E-state index contributed by atoms with van der Waals surface area (Å²) < 4.78 is 0. The van der Waals surface area contributed by atoms with Crippen LogP contribution in [0.2, 0.25) is 0 Å². The molecule has 0 aliphatic heterocycles. The molecule has 0 unspecified atom stereocenters. The first-order valence-electron chi connectivity index (χ1n) is 7.10. The molecule has 6 nitrogen and oxygen atoms in total. The molecule has 0 fully saturated rings. The number of hydrogen-bond acceptors (Lipinski definition) is 6. The van der Waals surface area contributed by atoms with E-state index in [1.807, 2.05) is 23.6 Å². The van der Waals surface area contributed by atoms with Crippen LogP contribution < -0.4 is 5.32 Å². The molecule has 0 aliphatic carbocycles. The Morgan fingerprint density at radius 3 is 2.58 bits per heavy atom. The summed E-state index contributed by atoms with van der Waals surface area (Å²) in [5.74, 6) is -1.16. The first kappa shape index (κ1) is 16.3. The zero-order chi connectivity index (χ0) is 16.9. The largest absolute Gasteiger partial charge is 0.476 e. The van der Waals surface area contributed by atoms with Crippen LogP contribution in [0, 0.1) is 0 Å². The third kappa shape index (κ3) is 3.84. The minimum absolute atomic E-state index is 0.0275. The van der Waals surface area contributed by atoms with Crippen LogP contribution in [-0.2, 0) is 6.42 Å². The molecule has 24 heavy (non-hydrogen) atoms. The van der Waals surface area contributed by atoms with Crippen molar-refractivity contribution < 1.29 is 14.7 Å². The maximum Gasteiger partial charge on any atom is 0.355 e. The molecule has 2 N–H and O–H groups in total. The minimum atomic E-state index is -1.04. The van der Waals surface area contributed by atoms with Gasteiger partial charge in [0.1, 0.15) is 10.7 Å². The second-order valence-electron chi connectivity index (χ2n) is 4.84. The van der Waals surface area contributed by atoms with Gasteiger partial charge in [-0.1, -0.05) is 18.2 Å². The summed E-state index contributed by atoms with van der Waals surface area (Å²) in [7, 11) is 0. The highest BCUT2D eigenvalue weighted by Crippen LogP contribution is 2.25. The number of carbonyl (C=O) groups excluding carboxylic acids is 1. The first-order chi connectivity index (χ1) is 11.6. The van der Waals surface area contributed by atoms with E-state index in [2.05, 4.69) is 15.3 Å². The third-order valence-corrected chi connectivity index (χ3v) is 4.93. The van der Waals surface area contributed by atoms with Gasteiger partial charge in [0.05, 0.1) is 5.01 Å². The van der Waals surface area contributed by atoms with Crippen LogP contribution in [-0.4, -0.2) is 33.5 Å². The molecule has 3 rings (SSSR count). The van der Waals surface area contributed by atoms with Gasteiger partial charge >= 0.3 is 5.97 Å². The molecule has 2 heterocycles. The predicted molar refractivity (Wildman–Crippen MR) is 92.7 cm³/mol.